The molecule has 2 amide bonds. The number of nitrogens with zero attached hydrogens (tertiary/aromatic N) is 2. The predicted molar refractivity (Wildman–Crippen MR) is 162 cm³/mol. The van der Waals surface area contributed by atoms with Crippen molar-refractivity contribution < 1.29 is 9.59 Å². The lowest BCUT2D eigenvalue weighted by Crippen LogP contribution is -2.28. The van der Waals surface area contributed by atoms with Crippen LogP contribution in [0.15, 0.2) is 103 Å². The fourth-order valence-electron chi connectivity index (χ4n) is 5.29. The van der Waals surface area contributed by atoms with E-state index in [0.717, 1.165) is 50.5 Å². The lowest BCUT2D eigenvalue weighted by molar-refractivity contribution is -0.116. The van der Waals surface area contributed by atoms with Crippen LogP contribution in [0.4, 0.5) is 10.8 Å². The third kappa shape index (κ3) is 5.06. The van der Waals surface area contributed by atoms with Crippen molar-refractivity contribution in [2.45, 2.75) is 26.2 Å². The minimum atomic E-state index is -0.438. The van der Waals surface area contributed by atoms with Crippen molar-refractivity contribution in [2.24, 2.45) is 0 Å². The van der Waals surface area contributed by atoms with Gasteiger partial charge in [-0.1, -0.05) is 84.4 Å². The maximum absolute atomic E-state index is 13.6. The van der Waals surface area contributed by atoms with Crippen LogP contribution in [0.2, 0.25) is 0 Å². The molecule has 1 aliphatic rings. The summed E-state index contributed by atoms with van der Waals surface area (Å²) in [7, 11) is 0. The van der Waals surface area contributed by atoms with Crippen molar-refractivity contribution in [3.05, 3.63) is 136 Å². The molecule has 0 fully saturated rings. The predicted octanol–water partition coefficient (Wildman–Crippen LogP) is 7.40. The zero-order valence-corrected chi connectivity index (χ0v) is 23.2. The summed E-state index contributed by atoms with van der Waals surface area (Å²) < 4.78 is 0. The summed E-state index contributed by atoms with van der Waals surface area (Å²) in [6.45, 7) is 4.70. The zero-order chi connectivity index (χ0) is 27.6. The molecule has 1 aromatic heterocycles. The number of amides is 2. The highest BCUT2D eigenvalue weighted by atomic mass is 32.1. The van der Waals surface area contributed by atoms with Crippen LogP contribution in [-0.2, 0) is 11.2 Å². The van der Waals surface area contributed by atoms with Gasteiger partial charge >= 0.3 is 0 Å². The molecule has 1 N–H and O–H groups in total. The quantitative estimate of drug-likeness (QED) is 0.243. The van der Waals surface area contributed by atoms with Crippen LogP contribution >= 0.6 is 11.3 Å². The number of carbonyl (C=O) groups excluding carboxylic acids is 2. The van der Waals surface area contributed by atoms with E-state index < -0.39 is 5.92 Å². The third-order valence-corrected chi connectivity index (χ3v) is 8.23. The lowest BCUT2D eigenvalue weighted by atomic mass is 9.90. The van der Waals surface area contributed by atoms with E-state index in [4.69, 9.17) is 4.98 Å². The van der Waals surface area contributed by atoms with Crippen molar-refractivity contribution in [3.63, 3.8) is 0 Å². The molecule has 5 nitrogen and oxygen atoms in total. The summed E-state index contributed by atoms with van der Waals surface area (Å²) in [6.07, 6.45) is 0.795. The molecule has 2 heterocycles. The number of anilines is 2. The number of fused-ring (bicyclic) bond motifs is 1. The summed E-state index contributed by atoms with van der Waals surface area (Å²) in [5, 5.41) is 3.66. The van der Waals surface area contributed by atoms with Crippen molar-refractivity contribution in [3.8, 4) is 11.3 Å². The fourth-order valence-corrected chi connectivity index (χ4v) is 6.13. The number of thiazole rings is 1. The molecular weight excluding hydrogens is 514 g/mol. The van der Waals surface area contributed by atoms with E-state index in [2.05, 4.69) is 11.4 Å². The molecule has 1 aliphatic heterocycles. The van der Waals surface area contributed by atoms with E-state index in [1.54, 1.807) is 0 Å². The third-order valence-electron chi connectivity index (χ3n) is 7.35. The number of aromatic nitrogens is 1. The van der Waals surface area contributed by atoms with Gasteiger partial charge in [0.05, 0.1) is 11.6 Å². The highest BCUT2D eigenvalue weighted by Gasteiger charge is 2.27. The van der Waals surface area contributed by atoms with Gasteiger partial charge in [-0.05, 0) is 61.2 Å². The molecule has 0 bridgehead atoms. The minimum Gasteiger partial charge on any atom is -0.308 e. The topological polar surface area (TPSA) is 62.3 Å². The van der Waals surface area contributed by atoms with Gasteiger partial charge in [-0.2, -0.15) is 0 Å². The molecule has 40 heavy (non-hydrogen) atoms. The highest BCUT2D eigenvalue weighted by molar-refractivity contribution is 7.16. The monoisotopic (exact) mass is 543 g/mol. The SMILES string of the molecule is Cc1ccc(C(=O)N2CCc3cc(-c4nc(NC(=O)C(c5ccccc5)c5ccccc5)sc4C)ccc32)cc1. The second-order valence-corrected chi connectivity index (χ2v) is 11.3. The molecule has 6 heteroatoms. The molecule has 0 radical (unpaired) electrons. The Hall–Kier alpha value is -4.55. The van der Waals surface area contributed by atoms with Crippen LogP contribution < -0.4 is 10.2 Å². The summed E-state index contributed by atoms with van der Waals surface area (Å²) in [4.78, 5) is 34.5. The Morgan fingerprint density at radius 3 is 2.15 bits per heavy atom. The molecule has 5 aromatic rings. The molecular formula is C34H29N3O2S. The van der Waals surface area contributed by atoms with Gasteiger partial charge < -0.3 is 10.2 Å². The standard InChI is InChI=1S/C34H29N3O2S/c1-22-13-15-26(16-14-22)33(39)37-20-19-27-21-28(17-18-29(27)37)31-23(2)40-34(35-31)36-32(38)30(24-9-5-3-6-10-24)25-11-7-4-8-12-25/h3-18,21,30H,19-20H2,1-2H3,(H,35,36,38). The Kier molecular flexibility index (Phi) is 7.01. The van der Waals surface area contributed by atoms with E-state index >= 15 is 0 Å². The fraction of sp³-hybridized carbons (Fsp3) is 0.147. The molecule has 0 aliphatic carbocycles. The number of carbonyl (C=O) groups is 2. The first-order valence-corrected chi connectivity index (χ1v) is 14.2. The van der Waals surface area contributed by atoms with Gasteiger partial charge in [-0.25, -0.2) is 4.98 Å². The van der Waals surface area contributed by atoms with Gasteiger partial charge in [0, 0.05) is 28.2 Å². The van der Waals surface area contributed by atoms with Gasteiger partial charge in [0.1, 0.15) is 0 Å². The van der Waals surface area contributed by atoms with Crippen LogP contribution in [0.1, 0.15) is 43.4 Å². The number of aryl methyl sites for hydroxylation is 2. The van der Waals surface area contributed by atoms with E-state index in [0.29, 0.717) is 17.2 Å². The van der Waals surface area contributed by atoms with Gasteiger partial charge in [-0.15, -0.1) is 11.3 Å². The molecule has 6 rings (SSSR count). The van der Waals surface area contributed by atoms with E-state index in [1.165, 1.54) is 11.3 Å². The van der Waals surface area contributed by atoms with Crippen LogP contribution in [-0.4, -0.2) is 23.3 Å². The Bertz CT molecular complexity index is 1640. The molecule has 0 unspecified atom stereocenters. The number of nitrogens with one attached hydrogen (secondary N) is 1. The van der Waals surface area contributed by atoms with Crippen molar-refractivity contribution in [1.82, 2.24) is 4.98 Å². The highest BCUT2D eigenvalue weighted by Crippen LogP contribution is 2.37. The van der Waals surface area contributed by atoms with Crippen molar-refractivity contribution in [2.75, 3.05) is 16.8 Å². The molecule has 0 atom stereocenters. The molecule has 0 spiro atoms. The number of hydrogen-bond acceptors (Lipinski definition) is 4. The van der Waals surface area contributed by atoms with Gasteiger partial charge in [0.2, 0.25) is 5.91 Å². The van der Waals surface area contributed by atoms with Crippen molar-refractivity contribution >= 4 is 34.0 Å². The Balaban J connectivity index is 1.24. The van der Waals surface area contributed by atoms with Gasteiger partial charge in [0.15, 0.2) is 5.13 Å². The summed E-state index contributed by atoms with van der Waals surface area (Å²) in [6, 6.07) is 33.5. The molecule has 0 saturated heterocycles. The minimum absolute atomic E-state index is 0.0210. The Morgan fingerprint density at radius 1 is 0.850 bits per heavy atom. The Labute approximate surface area is 238 Å². The number of hydrogen-bond donors (Lipinski definition) is 1. The van der Waals surface area contributed by atoms with Crippen LogP contribution in [0.5, 0.6) is 0 Å². The molecule has 0 saturated carbocycles. The number of benzene rings is 4. The second-order valence-electron chi connectivity index (χ2n) is 10.1. The maximum Gasteiger partial charge on any atom is 0.258 e. The smallest absolute Gasteiger partial charge is 0.258 e. The molecule has 4 aromatic carbocycles. The second kappa shape index (κ2) is 10.9. The first kappa shape index (κ1) is 25.7. The number of rotatable bonds is 6. The van der Waals surface area contributed by atoms with E-state index in [9.17, 15) is 9.59 Å². The lowest BCUT2D eigenvalue weighted by Gasteiger charge is -2.18. The summed E-state index contributed by atoms with van der Waals surface area (Å²) in [5.74, 6) is -0.531. The van der Waals surface area contributed by atoms with Crippen LogP contribution in [0, 0.1) is 13.8 Å². The Morgan fingerprint density at radius 2 is 1.50 bits per heavy atom. The van der Waals surface area contributed by atoms with E-state index in [-0.39, 0.29) is 11.8 Å². The average Bonchev–Trinajstić information content (AvgIpc) is 3.57. The van der Waals surface area contributed by atoms with Gasteiger partial charge in [-0.3, -0.25) is 9.59 Å². The van der Waals surface area contributed by atoms with Crippen molar-refractivity contribution in [1.29, 1.82) is 0 Å². The maximum atomic E-state index is 13.6. The zero-order valence-electron chi connectivity index (χ0n) is 22.4. The van der Waals surface area contributed by atoms with Crippen LogP contribution in [0.25, 0.3) is 11.3 Å². The average molecular weight is 544 g/mol. The first-order chi connectivity index (χ1) is 19.5. The van der Waals surface area contributed by atoms with Crippen LogP contribution in [0.3, 0.4) is 0 Å². The molecule has 198 valence electrons. The summed E-state index contributed by atoms with van der Waals surface area (Å²) >= 11 is 1.47. The van der Waals surface area contributed by atoms with E-state index in [1.807, 2.05) is 116 Å². The normalized spacial score (nSPS) is 12.4. The van der Waals surface area contributed by atoms with Gasteiger partial charge in [0.25, 0.3) is 5.91 Å². The largest absolute Gasteiger partial charge is 0.308 e. The summed E-state index contributed by atoms with van der Waals surface area (Å²) in [5.41, 5.74) is 7.61. The first-order valence-electron chi connectivity index (χ1n) is 13.4.